The van der Waals surface area contributed by atoms with Crippen LogP contribution in [0.3, 0.4) is 0 Å². The molecular weight excluding hydrogens is 246 g/mol. The Morgan fingerprint density at radius 2 is 2.16 bits per heavy atom. The molecule has 2 unspecified atom stereocenters. The molecule has 0 saturated heterocycles. The van der Waals surface area contributed by atoms with Crippen molar-refractivity contribution < 1.29 is 19.4 Å². The van der Waals surface area contributed by atoms with E-state index in [0.29, 0.717) is 19.8 Å². The summed E-state index contributed by atoms with van der Waals surface area (Å²) in [4.78, 5) is 11.7. The van der Waals surface area contributed by atoms with Gasteiger partial charge < -0.3 is 14.6 Å². The zero-order chi connectivity index (χ0) is 14.3. The quantitative estimate of drug-likeness (QED) is 0.599. The van der Waals surface area contributed by atoms with Gasteiger partial charge in [-0.2, -0.15) is 0 Å². The third kappa shape index (κ3) is 4.75. The van der Waals surface area contributed by atoms with Crippen LogP contribution in [0.4, 0.5) is 0 Å². The molecule has 5 heteroatoms. The Bertz CT molecular complexity index is 281. The van der Waals surface area contributed by atoms with Crippen LogP contribution in [-0.2, 0) is 14.3 Å². The zero-order valence-electron chi connectivity index (χ0n) is 12.3. The number of hydrogen-bond acceptors (Lipinski definition) is 4. The lowest BCUT2D eigenvalue weighted by Crippen LogP contribution is -2.58. The second-order valence-corrected chi connectivity index (χ2v) is 5.26. The molecule has 1 saturated carbocycles. The Morgan fingerprint density at radius 3 is 2.63 bits per heavy atom. The van der Waals surface area contributed by atoms with Crippen LogP contribution in [-0.4, -0.2) is 49.1 Å². The molecule has 1 rings (SSSR count). The van der Waals surface area contributed by atoms with Gasteiger partial charge >= 0.3 is 5.97 Å². The van der Waals surface area contributed by atoms with Gasteiger partial charge in [-0.3, -0.25) is 10.1 Å². The molecule has 1 aliphatic rings. The number of hydrogen-bond donors (Lipinski definition) is 2. The average molecular weight is 273 g/mol. The predicted octanol–water partition coefficient (Wildman–Crippen LogP) is 1.66. The third-order valence-corrected chi connectivity index (χ3v) is 3.50. The van der Waals surface area contributed by atoms with E-state index in [-0.39, 0.29) is 18.6 Å². The maximum Gasteiger partial charge on any atom is 0.326 e. The van der Waals surface area contributed by atoms with Crippen LogP contribution in [0.15, 0.2) is 0 Å². The highest BCUT2D eigenvalue weighted by Gasteiger charge is 2.51. The molecule has 1 aliphatic carbocycles. The number of nitrogens with one attached hydrogen (secondary N) is 1. The first-order valence-corrected chi connectivity index (χ1v) is 7.24. The van der Waals surface area contributed by atoms with Gasteiger partial charge in [-0.25, -0.2) is 0 Å². The van der Waals surface area contributed by atoms with E-state index in [2.05, 4.69) is 5.32 Å². The Balaban J connectivity index is 2.55. The van der Waals surface area contributed by atoms with Crippen LogP contribution in [0, 0.1) is 5.92 Å². The fourth-order valence-corrected chi connectivity index (χ4v) is 2.16. The molecule has 2 atom stereocenters. The van der Waals surface area contributed by atoms with Crippen molar-refractivity contribution in [2.24, 2.45) is 5.92 Å². The molecule has 0 bridgehead atoms. The van der Waals surface area contributed by atoms with Gasteiger partial charge in [-0.1, -0.05) is 6.92 Å². The van der Waals surface area contributed by atoms with Crippen LogP contribution in [0.2, 0.25) is 0 Å². The van der Waals surface area contributed by atoms with Crippen molar-refractivity contribution in [3.05, 3.63) is 0 Å². The SMILES string of the molecule is CCCNC(COC(C)COCC)(C(=O)O)C1CC1. The topological polar surface area (TPSA) is 67.8 Å². The van der Waals surface area contributed by atoms with E-state index in [1.54, 1.807) is 0 Å². The monoisotopic (exact) mass is 273 g/mol. The first-order valence-electron chi connectivity index (χ1n) is 7.24. The molecule has 0 heterocycles. The van der Waals surface area contributed by atoms with Crippen molar-refractivity contribution in [2.45, 2.75) is 51.7 Å². The van der Waals surface area contributed by atoms with E-state index in [1.165, 1.54) is 0 Å². The third-order valence-electron chi connectivity index (χ3n) is 3.50. The molecule has 2 N–H and O–H groups in total. The van der Waals surface area contributed by atoms with E-state index in [9.17, 15) is 9.90 Å². The van der Waals surface area contributed by atoms with Crippen molar-refractivity contribution >= 4 is 5.97 Å². The molecule has 0 aromatic heterocycles. The lowest BCUT2D eigenvalue weighted by atomic mass is 9.94. The van der Waals surface area contributed by atoms with Crippen molar-refractivity contribution in [2.75, 3.05) is 26.4 Å². The summed E-state index contributed by atoms with van der Waals surface area (Å²) in [7, 11) is 0. The molecule has 0 aromatic carbocycles. The molecule has 0 aromatic rings. The number of carbonyl (C=O) groups is 1. The summed E-state index contributed by atoms with van der Waals surface area (Å²) in [5.41, 5.74) is -0.920. The molecule has 0 aliphatic heterocycles. The molecule has 1 fully saturated rings. The Morgan fingerprint density at radius 1 is 1.47 bits per heavy atom. The van der Waals surface area contributed by atoms with E-state index < -0.39 is 11.5 Å². The van der Waals surface area contributed by atoms with Gasteiger partial charge in [0, 0.05) is 6.61 Å². The summed E-state index contributed by atoms with van der Waals surface area (Å²) >= 11 is 0. The highest BCUT2D eigenvalue weighted by atomic mass is 16.5. The number of carboxylic acid groups (broad SMARTS) is 1. The molecule has 5 nitrogen and oxygen atoms in total. The smallest absolute Gasteiger partial charge is 0.326 e. The second kappa shape index (κ2) is 7.82. The number of carboxylic acids is 1. The minimum atomic E-state index is -0.920. The minimum absolute atomic E-state index is 0.0825. The summed E-state index contributed by atoms with van der Waals surface area (Å²) < 4.78 is 11.0. The first-order chi connectivity index (χ1) is 9.06. The number of aliphatic carboxylic acids is 1. The molecule has 0 amide bonds. The summed E-state index contributed by atoms with van der Waals surface area (Å²) in [6.07, 6.45) is 2.76. The molecule has 0 spiro atoms. The minimum Gasteiger partial charge on any atom is -0.480 e. The Hall–Kier alpha value is -0.650. The molecule has 19 heavy (non-hydrogen) atoms. The van der Waals surface area contributed by atoms with E-state index in [0.717, 1.165) is 19.3 Å². The maximum absolute atomic E-state index is 11.7. The van der Waals surface area contributed by atoms with Crippen LogP contribution in [0.5, 0.6) is 0 Å². The van der Waals surface area contributed by atoms with Gasteiger partial charge in [-0.05, 0) is 45.6 Å². The second-order valence-electron chi connectivity index (χ2n) is 5.26. The van der Waals surface area contributed by atoms with Gasteiger partial charge in [0.1, 0.15) is 5.54 Å². The van der Waals surface area contributed by atoms with Gasteiger partial charge in [0.25, 0.3) is 0 Å². The molecule has 112 valence electrons. The van der Waals surface area contributed by atoms with Gasteiger partial charge in [-0.15, -0.1) is 0 Å². The first kappa shape index (κ1) is 16.4. The van der Waals surface area contributed by atoms with E-state index >= 15 is 0 Å². The lowest BCUT2D eigenvalue weighted by molar-refractivity contribution is -0.151. The van der Waals surface area contributed by atoms with Crippen molar-refractivity contribution in [1.29, 1.82) is 0 Å². The summed E-state index contributed by atoms with van der Waals surface area (Å²) in [6, 6.07) is 0. The normalized spacial score (nSPS) is 19.9. The van der Waals surface area contributed by atoms with Gasteiger partial charge in [0.2, 0.25) is 0 Å². The number of rotatable bonds is 11. The predicted molar refractivity (Wildman–Crippen MR) is 73.3 cm³/mol. The summed E-state index contributed by atoms with van der Waals surface area (Å²) in [5.74, 6) is -0.608. The van der Waals surface area contributed by atoms with Gasteiger partial charge in [0.15, 0.2) is 0 Å². The van der Waals surface area contributed by atoms with Crippen molar-refractivity contribution in [1.82, 2.24) is 5.32 Å². The zero-order valence-corrected chi connectivity index (χ0v) is 12.3. The van der Waals surface area contributed by atoms with E-state index in [1.807, 2.05) is 20.8 Å². The average Bonchev–Trinajstić information content (AvgIpc) is 3.21. The van der Waals surface area contributed by atoms with Crippen LogP contribution >= 0.6 is 0 Å². The van der Waals surface area contributed by atoms with Crippen LogP contribution in [0.25, 0.3) is 0 Å². The highest BCUT2D eigenvalue weighted by molar-refractivity contribution is 5.80. The van der Waals surface area contributed by atoms with Crippen LogP contribution in [0.1, 0.15) is 40.0 Å². The molecular formula is C14H27NO4. The lowest BCUT2D eigenvalue weighted by Gasteiger charge is -2.31. The largest absolute Gasteiger partial charge is 0.480 e. The molecule has 0 radical (unpaired) electrons. The number of ether oxygens (including phenoxy) is 2. The maximum atomic E-state index is 11.7. The van der Waals surface area contributed by atoms with Crippen molar-refractivity contribution in [3.63, 3.8) is 0 Å². The van der Waals surface area contributed by atoms with E-state index in [4.69, 9.17) is 9.47 Å². The van der Waals surface area contributed by atoms with Crippen LogP contribution < -0.4 is 5.32 Å². The Labute approximate surface area is 115 Å². The fourth-order valence-electron chi connectivity index (χ4n) is 2.16. The fraction of sp³-hybridized carbons (Fsp3) is 0.929. The van der Waals surface area contributed by atoms with Gasteiger partial charge in [0.05, 0.1) is 19.3 Å². The van der Waals surface area contributed by atoms with Crippen molar-refractivity contribution in [3.8, 4) is 0 Å². The Kier molecular flexibility index (Phi) is 6.75. The summed E-state index contributed by atoms with van der Waals surface area (Å²) in [5, 5.41) is 12.8. The summed E-state index contributed by atoms with van der Waals surface area (Å²) in [6.45, 7) is 7.94. The standard InChI is InChI=1S/C14H27NO4/c1-4-8-15-14(13(16)17,12-6-7-12)10-19-11(3)9-18-5-2/h11-12,15H,4-10H2,1-3H3,(H,16,17). The highest BCUT2D eigenvalue weighted by Crippen LogP contribution is 2.40.